The summed E-state index contributed by atoms with van der Waals surface area (Å²) < 4.78 is 18.2. The Morgan fingerprint density at radius 3 is 2.23 bits per heavy atom. The number of aliphatic hydroxyl groups is 6. The molecule has 0 spiro atoms. The van der Waals surface area contributed by atoms with E-state index in [0.29, 0.717) is 38.6 Å². The molecule has 1 saturated heterocycles. The van der Waals surface area contributed by atoms with Gasteiger partial charge in [0.25, 0.3) is 6.47 Å². The van der Waals surface area contributed by atoms with Gasteiger partial charge in [-0.25, -0.2) is 0 Å². The van der Waals surface area contributed by atoms with Gasteiger partial charge in [-0.15, -0.1) is 0 Å². The van der Waals surface area contributed by atoms with E-state index < -0.39 is 60.5 Å². The summed E-state index contributed by atoms with van der Waals surface area (Å²) in [5, 5.41) is 66.2. The predicted molar refractivity (Wildman–Crippen MR) is 175 cm³/mol. The topological polar surface area (TPSA) is 166 Å². The van der Waals surface area contributed by atoms with Gasteiger partial charge in [-0.05, 0) is 112 Å². The van der Waals surface area contributed by atoms with Crippen LogP contribution in [0.1, 0.15) is 107 Å². The van der Waals surface area contributed by atoms with Crippen LogP contribution in [0.25, 0.3) is 0 Å². The number of hydrogen-bond acceptors (Lipinski definition) is 10. The lowest BCUT2D eigenvalue weighted by Gasteiger charge is -2.71. The monoisotopic (exact) mass is 666 g/mol. The van der Waals surface area contributed by atoms with Crippen LogP contribution in [0.3, 0.4) is 0 Å². The van der Waals surface area contributed by atoms with Crippen molar-refractivity contribution < 1.29 is 49.6 Å². The number of carbonyl (C=O) groups is 1. The molecule has 0 aromatic carbocycles. The first-order chi connectivity index (χ1) is 21.8. The van der Waals surface area contributed by atoms with Crippen molar-refractivity contribution in [2.75, 3.05) is 6.61 Å². The zero-order valence-corrected chi connectivity index (χ0v) is 29.8. The van der Waals surface area contributed by atoms with Crippen LogP contribution in [-0.2, 0) is 19.0 Å². The van der Waals surface area contributed by atoms with E-state index in [2.05, 4.69) is 40.7 Å². The Bertz CT molecular complexity index is 1170. The van der Waals surface area contributed by atoms with Crippen LogP contribution in [-0.4, -0.2) is 98.3 Å². The Morgan fingerprint density at radius 1 is 0.936 bits per heavy atom. The Hall–Kier alpha value is -1.11. The molecule has 0 radical (unpaired) electrons. The largest absolute Gasteiger partial charge is 0.464 e. The molecule has 4 saturated carbocycles. The third-order valence-corrected chi connectivity index (χ3v) is 14.6. The molecule has 0 amide bonds. The SMILES string of the molecule is CC(C)=CCCC(C)(OC1OC(CO)C(O)C(O)C1O)C1CCC2(C)C1C(O)CC1C3(C)CCC(OC=O)C(C)(C)C3C(O)CC12C. The number of aliphatic hydroxyl groups excluding tert-OH is 6. The van der Waals surface area contributed by atoms with Crippen molar-refractivity contribution in [1.29, 1.82) is 0 Å². The fraction of sp³-hybridized carbons (Fsp3) is 0.919. The van der Waals surface area contributed by atoms with Gasteiger partial charge in [-0.2, -0.15) is 0 Å². The molecule has 16 atom stereocenters. The maximum Gasteiger partial charge on any atom is 0.293 e. The zero-order chi connectivity index (χ0) is 34.9. The summed E-state index contributed by atoms with van der Waals surface area (Å²) in [4.78, 5) is 11.4. The molecule has 1 heterocycles. The summed E-state index contributed by atoms with van der Waals surface area (Å²) in [7, 11) is 0. The minimum absolute atomic E-state index is 0.0971. The molecule has 1 aliphatic heterocycles. The third-order valence-electron chi connectivity index (χ3n) is 14.6. The van der Waals surface area contributed by atoms with Gasteiger partial charge in [0.15, 0.2) is 6.29 Å². The highest BCUT2D eigenvalue weighted by Gasteiger charge is 2.73. The van der Waals surface area contributed by atoms with Gasteiger partial charge in [-0.1, -0.05) is 46.3 Å². The van der Waals surface area contributed by atoms with Crippen molar-refractivity contribution in [1.82, 2.24) is 0 Å². The Morgan fingerprint density at radius 2 is 1.62 bits per heavy atom. The summed E-state index contributed by atoms with van der Waals surface area (Å²) >= 11 is 0. The van der Waals surface area contributed by atoms with Crippen LogP contribution in [0.2, 0.25) is 0 Å². The second-order valence-electron chi connectivity index (χ2n) is 17.6. The summed E-state index contributed by atoms with van der Waals surface area (Å²) in [5.74, 6) is -0.257. The molecular formula is C37H62O10. The van der Waals surface area contributed by atoms with Gasteiger partial charge in [0.05, 0.1) is 24.4 Å². The molecule has 0 aromatic rings. The average Bonchev–Trinajstić information content (AvgIpc) is 3.36. The zero-order valence-electron chi connectivity index (χ0n) is 29.8. The maximum atomic E-state index is 12.3. The molecular weight excluding hydrogens is 604 g/mol. The molecule has 5 aliphatic rings. The molecule has 0 bridgehead atoms. The molecule has 16 unspecified atom stereocenters. The number of allylic oxidation sites excluding steroid dienone is 2. The van der Waals surface area contributed by atoms with Gasteiger partial charge in [0.1, 0.15) is 30.5 Å². The van der Waals surface area contributed by atoms with E-state index in [1.54, 1.807) is 0 Å². The summed E-state index contributed by atoms with van der Waals surface area (Å²) in [6.45, 7) is 17.2. The van der Waals surface area contributed by atoms with Crippen molar-refractivity contribution in [3.63, 3.8) is 0 Å². The second-order valence-corrected chi connectivity index (χ2v) is 17.6. The summed E-state index contributed by atoms with van der Waals surface area (Å²) in [6.07, 6.45) is -0.710. The van der Waals surface area contributed by atoms with Crippen LogP contribution < -0.4 is 0 Å². The summed E-state index contributed by atoms with van der Waals surface area (Å²) in [5.41, 5.74) is -1.07. The van der Waals surface area contributed by atoms with E-state index >= 15 is 0 Å². The minimum Gasteiger partial charge on any atom is -0.464 e. The molecule has 6 N–H and O–H groups in total. The van der Waals surface area contributed by atoms with Crippen LogP contribution in [0, 0.1) is 45.3 Å². The van der Waals surface area contributed by atoms with Crippen molar-refractivity contribution in [3.8, 4) is 0 Å². The highest BCUT2D eigenvalue weighted by atomic mass is 16.7. The molecule has 5 fully saturated rings. The van der Waals surface area contributed by atoms with Gasteiger partial charge in [-0.3, -0.25) is 4.79 Å². The van der Waals surface area contributed by atoms with E-state index in [0.717, 1.165) is 19.3 Å². The van der Waals surface area contributed by atoms with Crippen molar-refractivity contribution in [3.05, 3.63) is 11.6 Å². The number of rotatable bonds is 9. The fourth-order valence-corrected chi connectivity index (χ4v) is 12.3. The van der Waals surface area contributed by atoms with Crippen LogP contribution in [0.15, 0.2) is 11.6 Å². The lowest BCUT2D eigenvalue weighted by Crippen LogP contribution is -2.70. The van der Waals surface area contributed by atoms with Crippen LogP contribution in [0.5, 0.6) is 0 Å². The van der Waals surface area contributed by atoms with Gasteiger partial charge < -0.3 is 44.8 Å². The highest BCUT2D eigenvalue weighted by molar-refractivity contribution is 5.38. The molecule has 5 rings (SSSR count). The lowest BCUT2D eigenvalue weighted by molar-refractivity contribution is -0.336. The molecule has 4 aliphatic carbocycles. The van der Waals surface area contributed by atoms with E-state index in [1.807, 2.05) is 20.8 Å². The van der Waals surface area contributed by atoms with E-state index in [-0.39, 0.29) is 46.0 Å². The quantitative estimate of drug-likeness (QED) is 0.159. The molecule has 10 heteroatoms. The second kappa shape index (κ2) is 12.9. The van der Waals surface area contributed by atoms with E-state index in [4.69, 9.17) is 14.2 Å². The lowest BCUT2D eigenvalue weighted by atomic mass is 9.34. The first-order valence-corrected chi connectivity index (χ1v) is 17.9. The van der Waals surface area contributed by atoms with Crippen LogP contribution in [0.4, 0.5) is 0 Å². The Kier molecular flexibility index (Phi) is 10.2. The summed E-state index contributed by atoms with van der Waals surface area (Å²) in [6, 6.07) is 0. The Labute approximate surface area is 280 Å². The first-order valence-electron chi connectivity index (χ1n) is 17.9. The molecule has 270 valence electrons. The van der Waals surface area contributed by atoms with Gasteiger partial charge in [0, 0.05) is 5.41 Å². The van der Waals surface area contributed by atoms with E-state index in [9.17, 15) is 35.4 Å². The molecule has 47 heavy (non-hydrogen) atoms. The number of carbonyl (C=O) groups excluding carboxylic acids is 1. The van der Waals surface area contributed by atoms with Gasteiger partial charge >= 0.3 is 0 Å². The van der Waals surface area contributed by atoms with Gasteiger partial charge in [0.2, 0.25) is 0 Å². The molecule has 10 nitrogen and oxygen atoms in total. The first kappa shape index (κ1) is 37.2. The Balaban J connectivity index is 1.50. The highest BCUT2D eigenvalue weighted by Crippen LogP contribution is 2.76. The van der Waals surface area contributed by atoms with Crippen LogP contribution >= 0.6 is 0 Å². The third kappa shape index (κ3) is 5.75. The van der Waals surface area contributed by atoms with E-state index in [1.165, 1.54) is 5.57 Å². The number of fused-ring (bicyclic) bond motifs is 5. The minimum atomic E-state index is -1.55. The molecule has 0 aromatic heterocycles. The fourth-order valence-electron chi connectivity index (χ4n) is 12.3. The van der Waals surface area contributed by atoms with Crippen molar-refractivity contribution in [2.45, 2.75) is 161 Å². The average molecular weight is 667 g/mol. The maximum absolute atomic E-state index is 12.3. The van der Waals surface area contributed by atoms with Crippen molar-refractivity contribution in [2.24, 2.45) is 45.3 Å². The number of hydrogen-bond donors (Lipinski definition) is 6. The number of ether oxygens (including phenoxy) is 3. The smallest absolute Gasteiger partial charge is 0.293 e. The van der Waals surface area contributed by atoms with Crippen molar-refractivity contribution >= 4 is 6.47 Å². The normalized spacial score (nSPS) is 50.3. The standard InChI is InChI=1S/C37H62O10/c1-20(2)10-9-13-37(8,47-32-30(44)29(43)28(42)24(18-38)46-32)21-11-15-35(6)27(21)22(40)16-25-34(5)14-12-26(45-19-39)33(3,4)31(34)23(41)17-36(25,35)7/h10,19,21-32,38,40-44H,9,11-18H2,1-8H3. The predicted octanol–water partition coefficient (Wildman–Crippen LogP) is 3.48.